The van der Waals surface area contributed by atoms with E-state index in [1.165, 1.54) is 12.1 Å². The van der Waals surface area contributed by atoms with E-state index < -0.39 is 0 Å². The highest BCUT2D eigenvalue weighted by Gasteiger charge is 2.21. The van der Waals surface area contributed by atoms with Crippen molar-refractivity contribution in [2.45, 2.75) is 6.42 Å². The monoisotopic (exact) mass is 376 g/mol. The lowest BCUT2D eigenvalue weighted by molar-refractivity contribution is 0.0767. The van der Waals surface area contributed by atoms with Gasteiger partial charge in [0, 0.05) is 44.1 Å². The Morgan fingerprint density at radius 2 is 1.61 bits per heavy atom. The quantitative estimate of drug-likeness (QED) is 0.700. The summed E-state index contributed by atoms with van der Waals surface area (Å²) in [5.74, 6) is 0.406. The zero-order chi connectivity index (χ0) is 19.3. The van der Waals surface area contributed by atoms with Crippen molar-refractivity contribution in [1.29, 1.82) is 0 Å². The molecule has 1 amide bonds. The first-order valence-corrected chi connectivity index (χ1v) is 9.38. The summed E-state index contributed by atoms with van der Waals surface area (Å²) < 4.78 is 13.5. The normalized spacial score (nSPS) is 14.6. The molecule has 0 N–H and O–H groups in total. The first kappa shape index (κ1) is 18.1. The molecule has 0 aliphatic carbocycles. The number of halogens is 1. The molecule has 4 rings (SSSR count). The Morgan fingerprint density at radius 1 is 0.857 bits per heavy atom. The van der Waals surface area contributed by atoms with Crippen molar-refractivity contribution >= 4 is 11.9 Å². The molecule has 2 heterocycles. The molecule has 2 aromatic carbocycles. The van der Waals surface area contributed by atoms with Crippen LogP contribution in [0.4, 0.5) is 10.3 Å². The number of benzene rings is 2. The van der Waals surface area contributed by atoms with Crippen LogP contribution in [-0.2, 0) is 0 Å². The molecule has 28 heavy (non-hydrogen) atoms. The Hall–Kier alpha value is -3.28. The minimum Gasteiger partial charge on any atom is -0.339 e. The number of hydrogen-bond donors (Lipinski definition) is 0. The number of carbonyl (C=O) groups is 1. The van der Waals surface area contributed by atoms with E-state index in [2.05, 4.69) is 14.9 Å². The molecule has 1 saturated heterocycles. The van der Waals surface area contributed by atoms with Crippen LogP contribution in [0.25, 0.3) is 11.1 Å². The first-order valence-electron chi connectivity index (χ1n) is 9.38. The minimum atomic E-state index is -0.287. The third-order valence-electron chi connectivity index (χ3n) is 4.89. The minimum absolute atomic E-state index is 0.00548. The summed E-state index contributed by atoms with van der Waals surface area (Å²) in [7, 11) is 0. The molecule has 0 spiro atoms. The van der Waals surface area contributed by atoms with Gasteiger partial charge in [0.15, 0.2) is 0 Å². The molecule has 3 aromatic rings. The highest BCUT2D eigenvalue weighted by atomic mass is 19.1. The molecule has 0 saturated carbocycles. The second kappa shape index (κ2) is 8.17. The van der Waals surface area contributed by atoms with Crippen molar-refractivity contribution in [2.75, 3.05) is 31.1 Å². The van der Waals surface area contributed by atoms with Crippen LogP contribution >= 0.6 is 0 Å². The average Bonchev–Trinajstić information content (AvgIpc) is 3.00. The van der Waals surface area contributed by atoms with E-state index in [1.807, 2.05) is 35.2 Å². The average molecular weight is 376 g/mol. The van der Waals surface area contributed by atoms with E-state index >= 15 is 0 Å². The van der Waals surface area contributed by atoms with Crippen molar-refractivity contribution in [3.8, 4) is 11.1 Å². The van der Waals surface area contributed by atoms with Crippen LogP contribution < -0.4 is 4.90 Å². The summed E-state index contributed by atoms with van der Waals surface area (Å²) in [6.07, 6.45) is 4.32. The number of anilines is 1. The number of rotatable bonds is 3. The topological polar surface area (TPSA) is 49.3 Å². The van der Waals surface area contributed by atoms with Crippen LogP contribution in [0.15, 0.2) is 67.0 Å². The van der Waals surface area contributed by atoms with Gasteiger partial charge in [0.2, 0.25) is 5.95 Å². The summed E-state index contributed by atoms with van der Waals surface area (Å²) in [5, 5.41) is 0. The number of aromatic nitrogens is 2. The Balaban J connectivity index is 1.49. The summed E-state index contributed by atoms with van der Waals surface area (Å²) in [6, 6.07) is 15.6. The third kappa shape index (κ3) is 4.01. The Labute approximate surface area is 163 Å². The fraction of sp³-hybridized carbons (Fsp3) is 0.227. The predicted molar refractivity (Wildman–Crippen MR) is 107 cm³/mol. The van der Waals surface area contributed by atoms with Crippen molar-refractivity contribution in [3.63, 3.8) is 0 Å². The molecule has 1 aliphatic rings. The first-order chi connectivity index (χ1) is 13.7. The Kier molecular flexibility index (Phi) is 5.28. The molecule has 1 aromatic heterocycles. The van der Waals surface area contributed by atoms with Crippen LogP contribution in [0.3, 0.4) is 0 Å². The largest absolute Gasteiger partial charge is 0.339 e. The smallest absolute Gasteiger partial charge is 0.253 e. The van der Waals surface area contributed by atoms with E-state index in [4.69, 9.17) is 0 Å². The third-order valence-corrected chi connectivity index (χ3v) is 4.89. The van der Waals surface area contributed by atoms with Gasteiger partial charge in [0.05, 0.1) is 0 Å². The number of hydrogen-bond acceptors (Lipinski definition) is 4. The van der Waals surface area contributed by atoms with Crippen molar-refractivity contribution in [2.24, 2.45) is 0 Å². The van der Waals surface area contributed by atoms with Gasteiger partial charge < -0.3 is 9.80 Å². The molecular weight excluding hydrogens is 355 g/mol. The van der Waals surface area contributed by atoms with Gasteiger partial charge in [-0.3, -0.25) is 4.79 Å². The molecule has 6 heteroatoms. The van der Waals surface area contributed by atoms with Crippen LogP contribution in [0.5, 0.6) is 0 Å². The van der Waals surface area contributed by atoms with Gasteiger partial charge in [-0.05, 0) is 47.9 Å². The number of carbonyl (C=O) groups excluding carboxylic acids is 1. The molecule has 0 bridgehead atoms. The van der Waals surface area contributed by atoms with Gasteiger partial charge in [-0.2, -0.15) is 0 Å². The van der Waals surface area contributed by atoms with E-state index in [-0.39, 0.29) is 11.7 Å². The van der Waals surface area contributed by atoms with E-state index in [0.29, 0.717) is 31.1 Å². The van der Waals surface area contributed by atoms with Gasteiger partial charge in [0.25, 0.3) is 5.91 Å². The summed E-state index contributed by atoms with van der Waals surface area (Å²) in [6.45, 7) is 2.81. The zero-order valence-corrected chi connectivity index (χ0v) is 15.5. The lowest BCUT2D eigenvalue weighted by atomic mass is 10.0. The van der Waals surface area contributed by atoms with Crippen molar-refractivity contribution < 1.29 is 9.18 Å². The molecule has 1 aliphatic heterocycles. The molecule has 0 radical (unpaired) electrons. The maximum atomic E-state index is 13.5. The lowest BCUT2D eigenvalue weighted by Gasteiger charge is -2.22. The maximum Gasteiger partial charge on any atom is 0.253 e. The lowest BCUT2D eigenvalue weighted by Crippen LogP contribution is -2.35. The predicted octanol–water partition coefficient (Wildman–Crippen LogP) is 3.64. The standard InChI is InChI=1S/C22H21FN4O/c23-20-8-2-6-18(16-20)17-5-1-7-19(15-17)21(28)26-11-4-12-27(14-13-26)22-24-9-3-10-25-22/h1-3,5-10,15-16H,4,11-14H2. The van der Waals surface area contributed by atoms with Gasteiger partial charge in [-0.1, -0.05) is 24.3 Å². The molecule has 0 atom stereocenters. The molecule has 0 unspecified atom stereocenters. The highest BCUT2D eigenvalue weighted by molar-refractivity contribution is 5.95. The van der Waals surface area contributed by atoms with Crippen LogP contribution in [0, 0.1) is 5.82 Å². The second-order valence-electron chi connectivity index (χ2n) is 6.77. The highest BCUT2D eigenvalue weighted by Crippen LogP contribution is 2.22. The fourth-order valence-electron chi connectivity index (χ4n) is 3.46. The van der Waals surface area contributed by atoms with E-state index in [1.54, 1.807) is 24.5 Å². The SMILES string of the molecule is O=C(c1cccc(-c2cccc(F)c2)c1)N1CCCN(c2ncccn2)CC1. The van der Waals surface area contributed by atoms with Gasteiger partial charge in [0.1, 0.15) is 5.82 Å². The van der Waals surface area contributed by atoms with Gasteiger partial charge in [-0.25, -0.2) is 14.4 Å². The van der Waals surface area contributed by atoms with Gasteiger partial charge in [-0.15, -0.1) is 0 Å². The fourth-order valence-corrected chi connectivity index (χ4v) is 3.46. The van der Waals surface area contributed by atoms with Crippen LogP contribution in [-0.4, -0.2) is 47.0 Å². The summed E-state index contributed by atoms with van der Waals surface area (Å²) in [4.78, 5) is 25.6. The van der Waals surface area contributed by atoms with Crippen molar-refractivity contribution in [1.82, 2.24) is 14.9 Å². The van der Waals surface area contributed by atoms with E-state index in [0.717, 1.165) is 24.1 Å². The Morgan fingerprint density at radius 3 is 2.39 bits per heavy atom. The molecule has 1 fully saturated rings. The maximum absolute atomic E-state index is 13.5. The van der Waals surface area contributed by atoms with Crippen molar-refractivity contribution in [3.05, 3.63) is 78.4 Å². The zero-order valence-electron chi connectivity index (χ0n) is 15.5. The van der Waals surface area contributed by atoms with E-state index in [9.17, 15) is 9.18 Å². The molecule has 5 nitrogen and oxygen atoms in total. The van der Waals surface area contributed by atoms with Gasteiger partial charge >= 0.3 is 0 Å². The molecule has 142 valence electrons. The summed E-state index contributed by atoms with van der Waals surface area (Å²) in [5.41, 5.74) is 2.21. The van der Waals surface area contributed by atoms with Crippen LogP contribution in [0.1, 0.15) is 16.8 Å². The van der Waals surface area contributed by atoms with Crippen LogP contribution in [0.2, 0.25) is 0 Å². The molecular formula is C22H21FN4O. The number of nitrogens with zero attached hydrogens (tertiary/aromatic N) is 4. The Bertz CT molecular complexity index is 964. The summed E-state index contributed by atoms with van der Waals surface area (Å²) >= 11 is 0. The number of amides is 1. The second-order valence-corrected chi connectivity index (χ2v) is 6.77.